The van der Waals surface area contributed by atoms with Crippen LogP contribution in [-0.4, -0.2) is 41.5 Å². The van der Waals surface area contributed by atoms with E-state index in [0.29, 0.717) is 12.8 Å². The quantitative estimate of drug-likeness (QED) is 0.561. The van der Waals surface area contributed by atoms with Crippen molar-refractivity contribution >= 4 is 17.9 Å². The normalized spacial score (nSPS) is 17.5. The number of rotatable bonds is 7. The minimum absolute atomic E-state index is 0.234. The molecule has 1 fully saturated rings. The molecule has 0 unspecified atom stereocenters. The molecule has 1 saturated heterocycles. The molecule has 3 amide bonds. The van der Waals surface area contributed by atoms with Gasteiger partial charge in [-0.2, -0.15) is 0 Å². The summed E-state index contributed by atoms with van der Waals surface area (Å²) in [6, 6.07) is -0.500. The van der Waals surface area contributed by atoms with Crippen molar-refractivity contribution in [2.45, 2.75) is 52.0 Å². The zero-order valence-corrected chi connectivity index (χ0v) is 11.8. The van der Waals surface area contributed by atoms with Crippen LogP contribution < -0.4 is 5.32 Å². The van der Waals surface area contributed by atoms with Crippen LogP contribution in [0.25, 0.3) is 0 Å². The Kier molecular flexibility index (Phi) is 5.32. The van der Waals surface area contributed by atoms with E-state index in [1.54, 1.807) is 6.92 Å². The minimum atomic E-state index is -0.840. The number of nitrogens with one attached hydrogen (secondary N) is 1. The van der Waals surface area contributed by atoms with E-state index in [2.05, 4.69) is 5.32 Å². The van der Waals surface area contributed by atoms with Gasteiger partial charge in [-0.25, -0.2) is 4.79 Å². The Hall–Kier alpha value is -1.59. The first-order chi connectivity index (χ1) is 9.00. The molecule has 0 aromatic carbocycles. The number of carbonyl (C=O) groups excluding carboxylic acids is 3. The van der Waals surface area contributed by atoms with Crippen LogP contribution in [0.5, 0.6) is 0 Å². The highest BCUT2D eigenvalue weighted by molar-refractivity contribution is 6.08. The maximum absolute atomic E-state index is 12.4. The van der Waals surface area contributed by atoms with Gasteiger partial charge in [-0.05, 0) is 19.8 Å². The summed E-state index contributed by atoms with van der Waals surface area (Å²) in [6.07, 6.45) is 2.76. The van der Waals surface area contributed by atoms with Gasteiger partial charge in [0.25, 0.3) is 5.91 Å². The molecule has 0 spiro atoms. The van der Waals surface area contributed by atoms with E-state index in [1.165, 1.54) is 0 Å². The molecular weight excluding hydrogens is 248 g/mol. The van der Waals surface area contributed by atoms with E-state index >= 15 is 0 Å². The van der Waals surface area contributed by atoms with Crippen LogP contribution in [-0.2, 0) is 14.3 Å². The fraction of sp³-hybridized carbons (Fsp3) is 0.769. The molecule has 108 valence electrons. The Morgan fingerprint density at radius 1 is 1.21 bits per heavy atom. The Labute approximate surface area is 113 Å². The van der Waals surface area contributed by atoms with Gasteiger partial charge in [-0.15, -0.1) is 0 Å². The lowest BCUT2D eigenvalue weighted by Gasteiger charge is -2.25. The van der Waals surface area contributed by atoms with E-state index in [0.717, 1.165) is 17.7 Å². The average molecular weight is 270 g/mol. The highest BCUT2D eigenvalue weighted by Gasteiger charge is 2.50. The number of esters is 1. The van der Waals surface area contributed by atoms with Crippen LogP contribution in [0.15, 0.2) is 0 Å². The van der Waals surface area contributed by atoms with Gasteiger partial charge >= 0.3 is 12.0 Å². The third-order valence-electron chi connectivity index (χ3n) is 3.19. The van der Waals surface area contributed by atoms with Gasteiger partial charge in [0.1, 0.15) is 12.1 Å². The lowest BCUT2D eigenvalue weighted by Crippen LogP contribution is -2.47. The Morgan fingerprint density at radius 2 is 1.79 bits per heavy atom. The van der Waals surface area contributed by atoms with Crippen molar-refractivity contribution < 1.29 is 19.1 Å². The molecule has 6 nitrogen and oxygen atoms in total. The third kappa shape index (κ3) is 3.24. The van der Waals surface area contributed by atoms with E-state index in [4.69, 9.17) is 4.74 Å². The lowest BCUT2D eigenvalue weighted by atomic mass is 9.88. The first kappa shape index (κ1) is 15.5. The highest BCUT2D eigenvalue weighted by atomic mass is 16.5. The first-order valence-corrected chi connectivity index (χ1v) is 6.80. The van der Waals surface area contributed by atoms with Gasteiger partial charge in [-0.1, -0.05) is 26.7 Å². The molecule has 0 bridgehead atoms. The summed E-state index contributed by atoms with van der Waals surface area (Å²) < 4.78 is 4.78. The molecule has 1 rings (SSSR count). The number of hydrogen-bond acceptors (Lipinski definition) is 4. The monoisotopic (exact) mass is 270 g/mol. The summed E-state index contributed by atoms with van der Waals surface area (Å²) in [4.78, 5) is 36.7. The van der Waals surface area contributed by atoms with Crippen molar-refractivity contribution in [2.75, 3.05) is 13.2 Å². The number of imide groups is 1. The maximum Gasteiger partial charge on any atom is 0.326 e. The second kappa shape index (κ2) is 6.54. The Bertz CT molecular complexity index is 362. The minimum Gasteiger partial charge on any atom is -0.465 e. The highest BCUT2D eigenvalue weighted by Crippen LogP contribution is 2.27. The summed E-state index contributed by atoms with van der Waals surface area (Å²) in [7, 11) is 0. The molecule has 0 radical (unpaired) electrons. The zero-order chi connectivity index (χ0) is 14.5. The van der Waals surface area contributed by atoms with Gasteiger partial charge in [0, 0.05) is 0 Å². The summed E-state index contributed by atoms with van der Waals surface area (Å²) in [6.45, 7) is 5.53. The van der Waals surface area contributed by atoms with Gasteiger partial charge < -0.3 is 10.1 Å². The number of carbonyl (C=O) groups is 3. The molecule has 0 atom stereocenters. The molecule has 6 heteroatoms. The van der Waals surface area contributed by atoms with Crippen LogP contribution in [0, 0.1) is 0 Å². The van der Waals surface area contributed by atoms with Crippen LogP contribution in [0.1, 0.15) is 46.5 Å². The zero-order valence-electron chi connectivity index (χ0n) is 11.8. The third-order valence-corrected chi connectivity index (χ3v) is 3.19. The molecule has 0 aromatic rings. The maximum atomic E-state index is 12.4. The van der Waals surface area contributed by atoms with Gasteiger partial charge in [-0.3, -0.25) is 14.5 Å². The van der Waals surface area contributed by atoms with E-state index in [-0.39, 0.29) is 19.1 Å². The predicted molar refractivity (Wildman–Crippen MR) is 69.4 cm³/mol. The van der Waals surface area contributed by atoms with Gasteiger partial charge in [0.15, 0.2) is 0 Å². The Balaban J connectivity index is 2.83. The van der Waals surface area contributed by atoms with Gasteiger partial charge in [0.05, 0.1) is 6.61 Å². The second-order valence-corrected chi connectivity index (χ2v) is 4.71. The first-order valence-electron chi connectivity index (χ1n) is 6.80. The van der Waals surface area contributed by atoms with E-state index in [9.17, 15) is 14.4 Å². The summed E-state index contributed by atoms with van der Waals surface area (Å²) in [5.74, 6) is -0.871. The smallest absolute Gasteiger partial charge is 0.326 e. The molecule has 0 aromatic heterocycles. The average Bonchev–Trinajstić information content (AvgIpc) is 2.55. The van der Waals surface area contributed by atoms with Crippen LogP contribution in [0.3, 0.4) is 0 Å². The molecule has 19 heavy (non-hydrogen) atoms. The SMILES string of the molecule is CCCC1(CCC)NC(=O)N(CC(=O)OCC)C1=O. The standard InChI is InChI=1S/C13H22N2O4/c1-4-7-13(8-5-2)11(17)15(12(18)14-13)9-10(16)19-6-3/h4-9H2,1-3H3,(H,14,18). The molecule has 1 aliphatic rings. The number of hydrogen-bond donors (Lipinski definition) is 1. The molecular formula is C13H22N2O4. The molecule has 0 saturated carbocycles. The van der Waals surface area contributed by atoms with E-state index < -0.39 is 17.5 Å². The predicted octanol–water partition coefficient (Wildman–Crippen LogP) is 1.44. The van der Waals surface area contributed by atoms with Gasteiger partial charge in [0.2, 0.25) is 0 Å². The van der Waals surface area contributed by atoms with Crippen molar-refractivity contribution in [3.05, 3.63) is 0 Å². The summed E-state index contributed by atoms with van der Waals surface area (Å²) in [5, 5.41) is 2.75. The van der Waals surface area contributed by atoms with Crippen molar-refractivity contribution in [1.29, 1.82) is 0 Å². The number of amides is 3. The van der Waals surface area contributed by atoms with Crippen LogP contribution >= 0.6 is 0 Å². The van der Waals surface area contributed by atoms with Crippen LogP contribution in [0.4, 0.5) is 4.79 Å². The number of urea groups is 1. The van der Waals surface area contributed by atoms with Crippen molar-refractivity contribution in [3.63, 3.8) is 0 Å². The van der Waals surface area contributed by atoms with Crippen LogP contribution in [0.2, 0.25) is 0 Å². The fourth-order valence-corrected chi connectivity index (χ4v) is 2.47. The summed E-state index contributed by atoms with van der Waals surface area (Å²) in [5.41, 5.74) is -0.840. The van der Waals surface area contributed by atoms with Crippen molar-refractivity contribution in [1.82, 2.24) is 10.2 Å². The lowest BCUT2D eigenvalue weighted by molar-refractivity contribution is -0.147. The molecule has 0 aliphatic carbocycles. The number of ether oxygens (including phenoxy) is 1. The van der Waals surface area contributed by atoms with Crippen molar-refractivity contribution in [2.24, 2.45) is 0 Å². The molecule has 1 heterocycles. The second-order valence-electron chi connectivity index (χ2n) is 4.71. The fourth-order valence-electron chi connectivity index (χ4n) is 2.47. The number of nitrogens with zero attached hydrogens (tertiary/aromatic N) is 1. The molecule has 1 N–H and O–H groups in total. The largest absolute Gasteiger partial charge is 0.465 e. The summed E-state index contributed by atoms with van der Waals surface area (Å²) >= 11 is 0. The molecule has 1 aliphatic heterocycles. The van der Waals surface area contributed by atoms with Crippen molar-refractivity contribution in [3.8, 4) is 0 Å². The topological polar surface area (TPSA) is 75.7 Å². The Morgan fingerprint density at radius 3 is 2.26 bits per heavy atom. The van der Waals surface area contributed by atoms with E-state index in [1.807, 2.05) is 13.8 Å².